The Morgan fingerprint density at radius 2 is 2.20 bits per heavy atom. The molecule has 1 aromatic heterocycles. The smallest absolute Gasteiger partial charge is 0.422 e. The Morgan fingerprint density at radius 3 is 2.73 bits per heavy atom. The quantitative estimate of drug-likeness (QED) is 0.494. The SMILES string of the molecule is ON=C(Cl)c1nonc1OCC(F)(F)F. The summed E-state index contributed by atoms with van der Waals surface area (Å²) in [5, 5.41) is 16.2. The molecular formula is C5H3ClF3N3O3. The van der Waals surface area contributed by atoms with Crippen LogP contribution in [-0.2, 0) is 0 Å². The van der Waals surface area contributed by atoms with Gasteiger partial charge in [0.15, 0.2) is 6.61 Å². The lowest BCUT2D eigenvalue weighted by molar-refractivity contribution is -0.154. The van der Waals surface area contributed by atoms with Gasteiger partial charge in [0, 0.05) is 0 Å². The van der Waals surface area contributed by atoms with E-state index in [1.807, 2.05) is 0 Å². The van der Waals surface area contributed by atoms with Gasteiger partial charge in [0.05, 0.1) is 0 Å². The Labute approximate surface area is 85.2 Å². The minimum absolute atomic E-state index is 0.414. The largest absolute Gasteiger partial charge is 0.464 e. The number of rotatable bonds is 3. The summed E-state index contributed by atoms with van der Waals surface area (Å²) >= 11 is 5.26. The highest BCUT2D eigenvalue weighted by Gasteiger charge is 2.30. The standard InChI is InChI=1S/C5H3ClF3N3O3/c6-3(10-13)2-4(12-15-11-2)14-1-5(7,8)9/h13H,1H2. The fourth-order valence-corrected chi connectivity index (χ4v) is 0.714. The number of aromatic nitrogens is 2. The van der Waals surface area contributed by atoms with E-state index < -0.39 is 29.5 Å². The van der Waals surface area contributed by atoms with E-state index >= 15 is 0 Å². The van der Waals surface area contributed by atoms with Gasteiger partial charge in [0.2, 0.25) is 10.9 Å². The molecule has 1 N–H and O–H groups in total. The first-order valence-electron chi connectivity index (χ1n) is 3.34. The zero-order chi connectivity index (χ0) is 11.5. The van der Waals surface area contributed by atoms with Gasteiger partial charge in [0.25, 0.3) is 5.88 Å². The molecule has 84 valence electrons. The van der Waals surface area contributed by atoms with E-state index in [9.17, 15) is 13.2 Å². The fourth-order valence-electron chi connectivity index (χ4n) is 0.599. The maximum Gasteiger partial charge on any atom is 0.422 e. The highest BCUT2D eigenvalue weighted by molar-refractivity contribution is 6.69. The molecule has 1 heterocycles. The lowest BCUT2D eigenvalue weighted by Gasteiger charge is -2.05. The highest BCUT2D eigenvalue weighted by atomic mass is 35.5. The second-order valence-corrected chi connectivity index (χ2v) is 2.57. The fraction of sp³-hybridized carbons (Fsp3) is 0.400. The molecule has 0 bridgehead atoms. The van der Waals surface area contributed by atoms with Crippen LogP contribution in [0.5, 0.6) is 5.88 Å². The van der Waals surface area contributed by atoms with Crippen LogP contribution in [0.3, 0.4) is 0 Å². The van der Waals surface area contributed by atoms with E-state index in [0.717, 1.165) is 0 Å². The third-order valence-corrected chi connectivity index (χ3v) is 1.37. The van der Waals surface area contributed by atoms with E-state index in [0.29, 0.717) is 0 Å². The summed E-state index contributed by atoms with van der Waals surface area (Å²) in [7, 11) is 0. The van der Waals surface area contributed by atoms with Crippen LogP contribution in [-0.4, -0.2) is 33.5 Å². The molecule has 0 amide bonds. The predicted molar refractivity (Wildman–Crippen MR) is 40.0 cm³/mol. The molecule has 10 heteroatoms. The van der Waals surface area contributed by atoms with Crippen molar-refractivity contribution in [3.63, 3.8) is 0 Å². The van der Waals surface area contributed by atoms with Crippen molar-refractivity contribution in [3.8, 4) is 5.88 Å². The molecule has 15 heavy (non-hydrogen) atoms. The van der Waals surface area contributed by atoms with Gasteiger partial charge in [-0.2, -0.15) is 13.2 Å². The van der Waals surface area contributed by atoms with Gasteiger partial charge in [0.1, 0.15) is 0 Å². The van der Waals surface area contributed by atoms with E-state index in [-0.39, 0.29) is 0 Å². The van der Waals surface area contributed by atoms with Crippen LogP contribution in [0.2, 0.25) is 0 Å². The first-order valence-corrected chi connectivity index (χ1v) is 3.72. The Hall–Kier alpha value is -1.51. The average Bonchev–Trinajstić information content (AvgIpc) is 2.60. The molecule has 6 nitrogen and oxygen atoms in total. The summed E-state index contributed by atoms with van der Waals surface area (Å²) in [4.78, 5) is 0. The molecule has 0 spiro atoms. The Morgan fingerprint density at radius 1 is 1.53 bits per heavy atom. The average molecular weight is 246 g/mol. The number of halogens is 4. The monoisotopic (exact) mass is 245 g/mol. The van der Waals surface area contributed by atoms with Crippen molar-refractivity contribution in [2.24, 2.45) is 5.16 Å². The van der Waals surface area contributed by atoms with Crippen molar-refractivity contribution in [1.29, 1.82) is 0 Å². The van der Waals surface area contributed by atoms with Gasteiger partial charge in [-0.05, 0) is 10.3 Å². The Balaban J connectivity index is 2.74. The van der Waals surface area contributed by atoms with Crippen LogP contribution in [0.15, 0.2) is 9.78 Å². The van der Waals surface area contributed by atoms with E-state index in [1.54, 1.807) is 0 Å². The zero-order valence-electron chi connectivity index (χ0n) is 6.82. The number of hydrogen-bond acceptors (Lipinski definition) is 6. The van der Waals surface area contributed by atoms with Crippen molar-refractivity contribution in [2.75, 3.05) is 6.61 Å². The summed E-state index contributed by atoms with van der Waals surface area (Å²) in [5.74, 6) is -0.602. The van der Waals surface area contributed by atoms with Gasteiger partial charge < -0.3 is 9.94 Å². The van der Waals surface area contributed by atoms with Crippen molar-refractivity contribution < 1.29 is 27.7 Å². The van der Waals surface area contributed by atoms with Gasteiger partial charge in [-0.15, -0.1) is 0 Å². The van der Waals surface area contributed by atoms with Gasteiger partial charge in [-0.1, -0.05) is 16.8 Å². The summed E-state index contributed by atoms with van der Waals surface area (Å²) < 4.78 is 43.5. The van der Waals surface area contributed by atoms with Crippen LogP contribution in [0, 0.1) is 0 Å². The molecule has 0 aromatic carbocycles. The Bertz CT molecular complexity index is 364. The summed E-state index contributed by atoms with van der Waals surface area (Å²) in [6.07, 6.45) is -4.53. The number of ether oxygens (including phenoxy) is 1. The normalized spacial score (nSPS) is 12.9. The molecule has 0 aliphatic rings. The van der Waals surface area contributed by atoms with Crippen LogP contribution in [0.1, 0.15) is 5.69 Å². The van der Waals surface area contributed by atoms with Crippen molar-refractivity contribution in [3.05, 3.63) is 5.69 Å². The van der Waals surface area contributed by atoms with Crippen molar-refractivity contribution in [2.45, 2.75) is 6.18 Å². The minimum Gasteiger partial charge on any atom is -0.464 e. The van der Waals surface area contributed by atoms with E-state index in [1.165, 1.54) is 0 Å². The molecule has 0 fully saturated rings. The summed E-state index contributed by atoms with van der Waals surface area (Å²) in [6, 6.07) is 0. The van der Waals surface area contributed by atoms with Gasteiger partial charge >= 0.3 is 6.18 Å². The number of oxime groups is 1. The molecule has 0 aliphatic heterocycles. The van der Waals surface area contributed by atoms with Crippen LogP contribution >= 0.6 is 11.6 Å². The van der Waals surface area contributed by atoms with E-state index in [4.69, 9.17) is 16.8 Å². The first kappa shape index (κ1) is 11.6. The van der Waals surface area contributed by atoms with Crippen LogP contribution < -0.4 is 4.74 Å². The number of hydrogen-bond donors (Lipinski definition) is 1. The van der Waals surface area contributed by atoms with Crippen LogP contribution in [0.25, 0.3) is 0 Å². The maximum atomic E-state index is 11.7. The highest BCUT2D eigenvalue weighted by Crippen LogP contribution is 2.20. The Kier molecular flexibility index (Phi) is 3.35. The molecule has 0 aliphatic carbocycles. The van der Waals surface area contributed by atoms with Crippen molar-refractivity contribution in [1.82, 2.24) is 10.3 Å². The van der Waals surface area contributed by atoms with Gasteiger partial charge in [-0.25, -0.2) is 4.63 Å². The lowest BCUT2D eigenvalue weighted by Crippen LogP contribution is -2.20. The van der Waals surface area contributed by atoms with Crippen LogP contribution in [0.4, 0.5) is 13.2 Å². The number of nitrogens with zero attached hydrogens (tertiary/aromatic N) is 3. The zero-order valence-corrected chi connectivity index (χ0v) is 7.58. The number of alkyl halides is 3. The predicted octanol–water partition coefficient (Wildman–Crippen LogP) is 1.39. The molecule has 0 saturated carbocycles. The summed E-state index contributed by atoms with van der Waals surface area (Å²) in [6.45, 7) is -1.58. The lowest BCUT2D eigenvalue weighted by atomic mass is 10.5. The van der Waals surface area contributed by atoms with Gasteiger partial charge in [-0.3, -0.25) is 0 Å². The first-order chi connectivity index (χ1) is 6.94. The maximum absolute atomic E-state index is 11.7. The molecule has 0 unspecified atom stereocenters. The molecule has 1 rings (SSSR count). The molecule has 0 saturated heterocycles. The van der Waals surface area contributed by atoms with Crippen molar-refractivity contribution >= 4 is 16.8 Å². The second kappa shape index (κ2) is 4.34. The molecule has 1 aromatic rings. The second-order valence-electron chi connectivity index (χ2n) is 2.21. The molecule has 0 radical (unpaired) electrons. The van der Waals surface area contributed by atoms with E-state index in [2.05, 4.69) is 24.8 Å². The minimum atomic E-state index is -4.53. The molecule has 0 atom stereocenters. The topological polar surface area (TPSA) is 80.7 Å². The molecular weight excluding hydrogens is 243 g/mol. The third-order valence-electron chi connectivity index (χ3n) is 1.11. The summed E-state index contributed by atoms with van der Waals surface area (Å²) in [5.41, 5.74) is -0.414. The third kappa shape index (κ3) is 3.27.